The summed E-state index contributed by atoms with van der Waals surface area (Å²) < 4.78 is 3.29. The second kappa shape index (κ2) is 5.71. The Labute approximate surface area is 137 Å². The third kappa shape index (κ3) is 2.60. The van der Waals surface area contributed by atoms with Crippen LogP contribution in [0.2, 0.25) is 10.0 Å². The number of aryl methyl sites for hydroxylation is 2. The van der Waals surface area contributed by atoms with E-state index in [1.807, 2.05) is 24.3 Å². The van der Waals surface area contributed by atoms with E-state index in [4.69, 9.17) is 23.2 Å². The summed E-state index contributed by atoms with van der Waals surface area (Å²) >= 11 is 12.0. The van der Waals surface area contributed by atoms with Crippen LogP contribution in [0.1, 0.15) is 5.56 Å². The first-order chi connectivity index (χ1) is 10.5. The highest BCUT2D eigenvalue weighted by atomic mass is 35.5. The smallest absolute Gasteiger partial charge is 0.328 e. The minimum Gasteiger partial charge on any atom is -0.380 e. The molecule has 0 saturated heterocycles. The molecule has 1 N–H and O–H groups in total. The maximum Gasteiger partial charge on any atom is 0.328 e. The number of rotatable bonds is 3. The van der Waals surface area contributed by atoms with Crippen LogP contribution in [0.25, 0.3) is 11.0 Å². The highest BCUT2D eigenvalue weighted by Gasteiger charge is 2.08. The molecule has 22 heavy (non-hydrogen) atoms. The van der Waals surface area contributed by atoms with Crippen molar-refractivity contribution in [2.24, 2.45) is 14.1 Å². The fraction of sp³-hybridized carbons (Fsp3) is 0.188. The van der Waals surface area contributed by atoms with Gasteiger partial charge in [-0.15, -0.1) is 0 Å². The van der Waals surface area contributed by atoms with Crippen molar-refractivity contribution in [1.82, 2.24) is 9.13 Å². The fourth-order valence-electron chi connectivity index (χ4n) is 2.49. The molecule has 4 nitrogen and oxygen atoms in total. The lowest BCUT2D eigenvalue weighted by Gasteiger charge is -2.09. The monoisotopic (exact) mass is 335 g/mol. The van der Waals surface area contributed by atoms with Crippen LogP contribution in [-0.2, 0) is 20.6 Å². The van der Waals surface area contributed by atoms with Crippen molar-refractivity contribution >= 4 is 39.9 Å². The topological polar surface area (TPSA) is 39.0 Å². The van der Waals surface area contributed by atoms with E-state index in [2.05, 4.69) is 5.32 Å². The van der Waals surface area contributed by atoms with Gasteiger partial charge in [-0.1, -0.05) is 29.3 Å². The highest BCUT2D eigenvalue weighted by molar-refractivity contribution is 6.36. The summed E-state index contributed by atoms with van der Waals surface area (Å²) in [7, 11) is 3.55. The number of hydrogen-bond acceptors (Lipinski definition) is 2. The predicted molar refractivity (Wildman–Crippen MR) is 91.9 cm³/mol. The Balaban J connectivity index is 1.88. The minimum absolute atomic E-state index is 0.0270. The van der Waals surface area contributed by atoms with Crippen molar-refractivity contribution in [3.63, 3.8) is 0 Å². The van der Waals surface area contributed by atoms with E-state index in [0.29, 0.717) is 16.6 Å². The quantitative estimate of drug-likeness (QED) is 0.790. The lowest BCUT2D eigenvalue weighted by atomic mass is 10.2. The molecule has 0 aliphatic carbocycles. The standard InChI is InChI=1S/C16H15Cl2N3O/c1-20-14-6-3-10(7-15(14)21(2)16(20)22)9-19-13-5-4-11(17)8-12(13)18/h3-8,19H,9H2,1-2H3. The third-order valence-electron chi connectivity index (χ3n) is 3.75. The van der Waals surface area contributed by atoms with Gasteiger partial charge in [-0.2, -0.15) is 0 Å². The molecular formula is C16H15Cl2N3O. The van der Waals surface area contributed by atoms with E-state index in [0.717, 1.165) is 22.3 Å². The van der Waals surface area contributed by atoms with Gasteiger partial charge in [0.1, 0.15) is 0 Å². The van der Waals surface area contributed by atoms with Crippen LogP contribution in [-0.4, -0.2) is 9.13 Å². The average Bonchev–Trinajstić information content (AvgIpc) is 2.71. The molecule has 1 aromatic heterocycles. The molecular weight excluding hydrogens is 321 g/mol. The van der Waals surface area contributed by atoms with E-state index >= 15 is 0 Å². The zero-order valence-electron chi connectivity index (χ0n) is 12.2. The van der Waals surface area contributed by atoms with E-state index in [9.17, 15) is 4.79 Å². The van der Waals surface area contributed by atoms with Crippen LogP contribution in [0.5, 0.6) is 0 Å². The maximum absolute atomic E-state index is 11.9. The Kier molecular flexibility index (Phi) is 3.89. The lowest BCUT2D eigenvalue weighted by molar-refractivity contribution is 0.795. The highest BCUT2D eigenvalue weighted by Crippen LogP contribution is 2.26. The molecule has 0 aliphatic heterocycles. The normalized spacial score (nSPS) is 11.1. The fourth-order valence-corrected chi connectivity index (χ4v) is 2.97. The Morgan fingerprint density at radius 1 is 1.00 bits per heavy atom. The van der Waals surface area contributed by atoms with Crippen LogP contribution in [0.4, 0.5) is 5.69 Å². The number of hydrogen-bond donors (Lipinski definition) is 1. The molecule has 6 heteroatoms. The first kappa shape index (κ1) is 15.0. The van der Waals surface area contributed by atoms with E-state index in [1.54, 1.807) is 35.4 Å². The largest absolute Gasteiger partial charge is 0.380 e. The molecule has 0 spiro atoms. The molecule has 2 aromatic carbocycles. The number of halogens is 2. The first-order valence-electron chi connectivity index (χ1n) is 6.80. The van der Waals surface area contributed by atoms with E-state index in [-0.39, 0.29) is 5.69 Å². The number of fused-ring (bicyclic) bond motifs is 1. The van der Waals surface area contributed by atoms with Crippen molar-refractivity contribution in [1.29, 1.82) is 0 Å². The van der Waals surface area contributed by atoms with Crippen LogP contribution in [0.15, 0.2) is 41.2 Å². The predicted octanol–water partition coefficient (Wildman–Crippen LogP) is 3.80. The van der Waals surface area contributed by atoms with Gasteiger partial charge in [-0.05, 0) is 35.9 Å². The summed E-state index contributed by atoms with van der Waals surface area (Å²) in [6.45, 7) is 0.611. The van der Waals surface area contributed by atoms with Gasteiger partial charge in [0, 0.05) is 25.7 Å². The lowest BCUT2D eigenvalue weighted by Crippen LogP contribution is -2.19. The molecule has 3 aromatic rings. The average molecular weight is 336 g/mol. The molecule has 0 amide bonds. The van der Waals surface area contributed by atoms with E-state index in [1.165, 1.54) is 0 Å². The zero-order valence-corrected chi connectivity index (χ0v) is 13.7. The number of nitrogens with zero attached hydrogens (tertiary/aromatic N) is 2. The Hall–Kier alpha value is -1.91. The van der Waals surface area contributed by atoms with Crippen molar-refractivity contribution in [3.8, 4) is 0 Å². The van der Waals surface area contributed by atoms with Gasteiger partial charge in [0.15, 0.2) is 0 Å². The van der Waals surface area contributed by atoms with Gasteiger partial charge in [0.05, 0.1) is 21.7 Å². The zero-order chi connectivity index (χ0) is 15.9. The molecule has 0 fully saturated rings. The van der Waals surface area contributed by atoms with E-state index < -0.39 is 0 Å². The van der Waals surface area contributed by atoms with Gasteiger partial charge in [-0.25, -0.2) is 4.79 Å². The Morgan fingerprint density at radius 3 is 2.45 bits per heavy atom. The number of anilines is 1. The second-order valence-corrected chi connectivity index (χ2v) is 6.05. The second-order valence-electron chi connectivity index (χ2n) is 5.20. The van der Waals surface area contributed by atoms with Gasteiger partial charge in [0.2, 0.25) is 0 Å². The van der Waals surface area contributed by atoms with Crippen LogP contribution >= 0.6 is 23.2 Å². The van der Waals surface area contributed by atoms with Crippen molar-refractivity contribution in [3.05, 3.63) is 62.5 Å². The van der Waals surface area contributed by atoms with Crippen LogP contribution in [0.3, 0.4) is 0 Å². The third-order valence-corrected chi connectivity index (χ3v) is 4.30. The summed E-state index contributed by atoms with van der Waals surface area (Å²) in [6.07, 6.45) is 0. The number of aromatic nitrogens is 2. The Bertz CT molecular complexity index is 912. The molecule has 1 heterocycles. The van der Waals surface area contributed by atoms with Gasteiger partial charge < -0.3 is 5.32 Å². The molecule has 0 aliphatic rings. The molecule has 0 radical (unpaired) electrons. The summed E-state index contributed by atoms with van der Waals surface area (Å²) in [6, 6.07) is 11.3. The summed E-state index contributed by atoms with van der Waals surface area (Å²) in [5.41, 5.74) is 3.70. The molecule has 114 valence electrons. The van der Waals surface area contributed by atoms with Gasteiger partial charge >= 0.3 is 5.69 Å². The Morgan fingerprint density at radius 2 is 1.73 bits per heavy atom. The molecule has 0 atom stereocenters. The summed E-state index contributed by atoms with van der Waals surface area (Å²) in [5.74, 6) is 0. The number of nitrogens with one attached hydrogen (secondary N) is 1. The molecule has 0 saturated carbocycles. The van der Waals surface area contributed by atoms with Crippen LogP contribution < -0.4 is 11.0 Å². The summed E-state index contributed by atoms with van der Waals surface area (Å²) in [5, 5.41) is 4.47. The van der Waals surface area contributed by atoms with Crippen molar-refractivity contribution in [2.45, 2.75) is 6.54 Å². The maximum atomic E-state index is 11.9. The number of benzene rings is 2. The SMILES string of the molecule is Cn1c(=O)n(C)c2cc(CNc3ccc(Cl)cc3Cl)ccc21. The van der Waals surface area contributed by atoms with Gasteiger partial charge in [-0.3, -0.25) is 9.13 Å². The molecule has 0 bridgehead atoms. The van der Waals surface area contributed by atoms with Crippen molar-refractivity contribution < 1.29 is 0 Å². The first-order valence-corrected chi connectivity index (χ1v) is 7.56. The molecule has 0 unspecified atom stereocenters. The summed E-state index contributed by atoms with van der Waals surface area (Å²) in [4.78, 5) is 11.9. The van der Waals surface area contributed by atoms with Crippen LogP contribution in [0, 0.1) is 0 Å². The van der Waals surface area contributed by atoms with Crippen molar-refractivity contribution in [2.75, 3.05) is 5.32 Å². The molecule has 3 rings (SSSR count). The number of imidazole rings is 1. The van der Waals surface area contributed by atoms with Gasteiger partial charge in [0.25, 0.3) is 0 Å². The minimum atomic E-state index is -0.0270.